The molecular weight excluding hydrogens is 294 g/mol. The fourth-order valence-electron chi connectivity index (χ4n) is 2.34. The zero-order chi connectivity index (χ0) is 13.0. The molecule has 1 atom stereocenters. The van der Waals surface area contributed by atoms with E-state index in [0.717, 1.165) is 18.3 Å². The van der Waals surface area contributed by atoms with Crippen LogP contribution in [0.4, 0.5) is 0 Å². The minimum atomic E-state index is 0.0529. The Labute approximate surface area is 116 Å². The number of hydrogen-bond acceptors (Lipinski definition) is 2. The molecule has 0 heterocycles. The van der Waals surface area contributed by atoms with E-state index in [0.29, 0.717) is 13.2 Å². The number of carbonyl (C=O) groups excluding carboxylic acids is 1. The topological polar surface area (TPSA) is 29.5 Å². The van der Waals surface area contributed by atoms with Gasteiger partial charge in [-0.1, -0.05) is 40.2 Å². The highest BCUT2D eigenvalue weighted by Crippen LogP contribution is 2.36. The predicted molar refractivity (Wildman–Crippen MR) is 75.1 cm³/mol. The normalized spacial score (nSPS) is 16.9. The number of ether oxygens (including phenoxy) is 1. The van der Waals surface area contributed by atoms with E-state index in [4.69, 9.17) is 4.74 Å². The Hall–Kier alpha value is -0.870. The molecule has 0 N–H and O–H groups in total. The van der Waals surface area contributed by atoms with Gasteiger partial charge in [0.25, 0.3) is 0 Å². The summed E-state index contributed by atoms with van der Waals surface area (Å²) in [5, 5.41) is 0.802. The first-order valence-corrected chi connectivity index (χ1v) is 7.31. The molecule has 0 saturated carbocycles. The van der Waals surface area contributed by atoms with E-state index >= 15 is 0 Å². The highest BCUT2D eigenvalue weighted by molar-refractivity contribution is 9.09. The molecule has 1 aliphatic carbocycles. The van der Waals surface area contributed by atoms with E-state index in [1.54, 1.807) is 7.11 Å². The first-order valence-electron chi connectivity index (χ1n) is 6.19. The number of alkyl halides is 1. The van der Waals surface area contributed by atoms with E-state index in [-0.39, 0.29) is 11.8 Å². The molecular formula is C14H18BrNO2. The van der Waals surface area contributed by atoms with Crippen molar-refractivity contribution in [2.75, 3.05) is 32.1 Å². The van der Waals surface area contributed by atoms with Gasteiger partial charge in [-0.05, 0) is 17.5 Å². The summed E-state index contributed by atoms with van der Waals surface area (Å²) >= 11 is 3.40. The monoisotopic (exact) mass is 311 g/mol. The van der Waals surface area contributed by atoms with Crippen molar-refractivity contribution in [1.82, 2.24) is 4.90 Å². The molecule has 1 amide bonds. The van der Waals surface area contributed by atoms with Crippen molar-refractivity contribution in [3.05, 3.63) is 35.4 Å². The predicted octanol–water partition coefficient (Wildman–Crippen LogP) is 2.20. The van der Waals surface area contributed by atoms with E-state index in [1.807, 2.05) is 17.0 Å². The number of amides is 1. The molecule has 3 nitrogen and oxygen atoms in total. The third kappa shape index (κ3) is 2.75. The fraction of sp³-hybridized carbons (Fsp3) is 0.500. The van der Waals surface area contributed by atoms with E-state index < -0.39 is 0 Å². The molecule has 1 aromatic carbocycles. The van der Waals surface area contributed by atoms with Crippen molar-refractivity contribution < 1.29 is 9.53 Å². The van der Waals surface area contributed by atoms with Gasteiger partial charge in [0, 0.05) is 25.5 Å². The summed E-state index contributed by atoms with van der Waals surface area (Å²) in [6, 6.07) is 8.19. The summed E-state index contributed by atoms with van der Waals surface area (Å²) in [5.74, 6) is 0.280. The van der Waals surface area contributed by atoms with Gasteiger partial charge < -0.3 is 9.64 Å². The average molecular weight is 312 g/mol. The van der Waals surface area contributed by atoms with E-state index in [1.165, 1.54) is 11.1 Å². The molecule has 0 spiro atoms. The molecule has 0 bridgehead atoms. The number of methoxy groups -OCH3 is 1. The Morgan fingerprint density at radius 3 is 2.89 bits per heavy atom. The summed E-state index contributed by atoms with van der Waals surface area (Å²) in [6.07, 6.45) is 0.876. The van der Waals surface area contributed by atoms with Crippen LogP contribution in [0.2, 0.25) is 0 Å². The van der Waals surface area contributed by atoms with Crippen LogP contribution in [0.5, 0.6) is 0 Å². The number of benzene rings is 1. The van der Waals surface area contributed by atoms with E-state index in [9.17, 15) is 4.79 Å². The SMILES string of the molecule is COCCN(CCBr)C(=O)C1Cc2ccccc21. The standard InChI is InChI=1S/C14H18BrNO2/c1-18-9-8-16(7-6-15)14(17)13-10-11-4-2-3-5-12(11)13/h2-5,13H,6-10H2,1H3. The largest absolute Gasteiger partial charge is 0.383 e. The van der Waals surface area contributed by atoms with Crippen LogP contribution in [0.1, 0.15) is 17.0 Å². The van der Waals surface area contributed by atoms with Crippen LogP contribution < -0.4 is 0 Å². The molecule has 2 rings (SSSR count). The molecule has 18 heavy (non-hydrogen) atoms. The molecule has 0 radical (unpaired) electrons. The Balaban J connectivity index is 2.02. The highest BCUT2D eigenvalue weighted by atomic mass is 79.9. The lowest BCUT2D eigenvalue weighted by Crippen LogP contribution is -2.42. The number of nitrogens with zero attached hydrogens (tertiary/aromatic N) is 1. The van der Waals surface area contributed by atoms with Crippen LogP contribution in [0.15, 0.2) is 24.3 Å². The van der Waals surface area contributed by atoms with Gasteiger partial charge in [-0.2, -0.15) is 0 Å². The molecule has 98 valence electrons. The number of rotatable bonds is 6. The van der Waals surface area contributed by atoms with Crippen LogP contribution >= 0.6 is 15.9 Å². The van der Waals surface area contributed by atoms with Crippen molar-refractivity contribution in [3.8, 4) is 0 Å². The number of carbonyl (C=O) groups is 1. The maximum Gasteiger partial charge on any atom is 0.230 e. The average Bonchev–Trinajstić information content (AvgIpc) is 2.35. The summed E-state index contributed by atoms with van der Waals surface area (Å²) in [5.41, 5.74) is 2.50. The Bertz CT molecular complexity index is 422. The highest BCUT2D eigenvalue weighted by Gasteiger charge is 2.34. The number of hydrogen-bond donors (Lipinski definition) is 0. The maximum absolute atomic E-state index is 12.4. The fourth-order valence-corrected chi connectivity index (χ4v) is 2.76. The summed E-state index contributed by atoms with van der Waals surface area (Å²) < 4.78 is 5.06. The lowest BCUT2D eigenvalue weighted by molar-refractivity contribution is -0.133. The Kier molecular flexibility index (Phi) is 4.78. The Morgan fingerprint density at radius 1 is 1.44 bits per heavy atom. The van der Waals surface area contributed by atoms with Crippen molar-refractivity contribution in [3.63, 3.8) is 0 Å². The summed E-state index contributed by atoms with van der Waals surface area (Å²) in [6.45, 7) is 1.99. The van der Waals surface area contributed by atoms with Crippen LogP contribution in [0.3, 0.4) is 0 Å². The second-order valence-corrected chi connectivity index (χ2v) is 5.26. The van der Waals surface area contributed by atoms with Crippen molar-refractivity contribution in [2.45, 2.75) is 12.3 Å². The minimum Gasteiger partial charge on any atom is -0.383 e. The molecule has 1 aromatic rings. The second-order valence-electron chi connectivity index (χ2n) is 4.46. The second kappa shape index (κ2) is 6.34. The molecule has 0 aromatic heterocycles. The molecule has 1 unspecified atom stereocenters. The van der Waals surface area contributed by atoms with Gasteiger partial charge in [0.2, 0.25) is 5.91 Å². The summed E-state index contributed by atoms with van der Waals surface area (Å²) in [4.78, 5) is 14.3. The minimum absolute atomic E-state index is 0.0529. The molecule has 0 aliphatic heterocycles. The van der Waals surface area contributed by atoms with Crippen LogP contribution in [0.25, 0.3) is 0 Å². The van der Waals surface area contributed by atoms with E-state index in [2.05, 4.69) is 28.1 Å². The van der Waals surface area contributed by atoms with Gasteiger partial charge in [0.05, 0.1) is 12.5 Å². The number of halogens is 1. The third-order valence-corrected chi connectivity index (χ3v) is 3.74. The molecule has 0 saturated heterocycles. The molecule has 0 fully saturated rings. The lowest BCUT2D eigenvalue weighted by atomic mass is 9.77. The van der Waals surface area contributed by atoms with Crippen LogP contribution in [-0.2, 0) is 16.0 Å². The van der Waals surface area contributed by atoms with Gasteiger partial charge in [0.15, 0.2) is 0 Å². The van der Waals surface area contributed by atoms with Gasteiger partial charge >= 0.3 is 0 Å². The van der Waals surface area contributed by atoms with Crippen LogP contribution in [0, 0.1) is 0 Å². The maximum atomic E-state index is 12.4. The summed E-state index contributed by atoms with van der Waals surface area (Å²) in [7, 11) is 1.66. The quantitative estimate of drug-likeness (QED) is 0.754. The van der Waals surface area contributed by atoms with Gasteiger partial charge in [-0.25, -0.2) is 0 Å². The van der Waals surface area contributed by atoms with Gasteiger partial charge in [-0.3, -0.25) is 4.79 Å². The Morgan fingerprint density at radius 2 is 2.22 bits per heavy atom. The van der Waals surface area contributed by atoms with Crippen molar-refractivity contribution in [1.29, 1.82) is 0 Å². The van der Waals surface area contributed by atoms with Crippen LogP contribution in [-0.4, -0.2) is 42.9 Å². The zero-order valence-corrected chi connectivity index (χ0v) is 12.1. The van der Waals surface area contributed by atoms with Crippen molar-refractivity contribution in [2.24, 2.45) is 0 Å². The number of fused-ring (bicyclic) bond motifs is 1. The third-order valence-electron chi connectivity index (χ3n) is 3.38. The molecule has 1 aliphatic rings. The zero-order valence-electron chi connectivity index (χ0n) is 10.6. The lowest BCUT2D eigenvalue weighted by Gasteiger charge is -2.33. The van der Waals surface area contributed by atoms with Gasteiger partial charge in [-0.15, -0.1) is 0 Å². The first-order chi connectivity index (χ1) is 8.77. The van der Waals surface area contributed by atoms with Gasteiger partial charge in [0.1, 0.15) is 0 Å². The smallest absolute Gasteiger partial charge is 0.230 e. The van der Waals surface area contributed by atoms with Crippen molar-refractivity contribution >= 4 is 21.8 Å². The first kappa shape index (κ1) is 13.6. The molecule has 4 heteroatoms.